The minimum absolute atomic E-state index is 0.121. The molecular formula is C16H18N2O. The first-order valence-electron chi connectivity index (χ1n) is 6.71. The highest BCUT2D eigenvalue weighted by Gasteiger charge is 2.23. The van der Waals surface area contributed by atoms with Gasteiger partial charge in [0.05, 0.1) is 17.8 Å². The van der Waals surface area contributed by atoms with E-state index < -0.39 is 0 Å². The highest BCUT2D eigenvalue weighted by atomic mass is 16.5. The van der Waals surface area contributed by atoms with Crippen LogP contribution in [0.2, 0.25) is 0 Å². The van der Waals surface area contributed by atoms with Crippen molar-refractivity contribution in [3.63, 3.8) is 0 Å². The molecule has 1 aliphatic rings. The second kappa shape index (κ2) is 5.41. The van der Waals surface area contributed by atoms with Gasteiger partial charge < -0.3 is 10.1 Å². The first-order chi connectivity index (χ1) is 9.36. The van der Waals surface area contributed by atoms with Gasteiger partial charge in [-0.25, -0.2) is 0 Å². The molecule has 1 fully saturated rings. The number of rotatable bonds is 5. The van der Waals surface area contributed by atoms with Crippen LogP contribution in [-0.4, -0.2) is 18.1 Å². The van der Waals surface area contributed by atoms with Gasteiger partial charge in [-0.15, -0.1) is 0 Å². The van der Waals surface area contributed by atoms with Crippen LogP contribution in [0.5, 0.6) is 5.75 Å². The normalized spacial score (nSPS) is 16.1. The van der Waals surface area contributed by atoms with Crippen LogP contribution in [0.1, 0.15) is 30.1 Å². The molecule has 2 aromatic rings. The lowest BCUT2D eigenvalue weighted by atomic mass is 10.0. The maximum absolute atomic E-state index is 5.76. The van der Waals surface area contributed by atoms with Crippen molar-refractivity contribution in [3.05, 3.63) is 59.9 Å². The van der Waals surface area contributed by atoms with Crippen LogP contribution in [0.15, 0.2) is 48.7 Å². The molecule has 0 spiro atoms. The zero-order chi connectivity index (χ0) is 13.1. The van der Waals surface area contributed by atoms with Crippen molar-refractivity contribution in [3.8, 4) is 5.75 Å². The van der Waals surface area contributed by atoms with Crippen molar-refractivity contribution in [1.82, 2.24) is 10.3 Å². The lowest BCUT2D eigenvalue weighted by molar-refractivity contribution is 0.303. The Morgan fingerprint density at radius 2 is 1.95 bits per heavy atom. The summed E-state index contributed by atoms with van der Waals surface area (Å²) in [6.07, 6.45) is 4.65. The maximum atomic E-state index is 5.76. The molecule has 1 saturated carbocycles. The predicted molar refractivity (Wildman–Crippen MR) is 75.2 cm³/mol. The van der Waals surface area contributed by atoms with E-state index in [-0.39, 0.29) is 6.04 Å². The van der Waals surface area contributed by atoms with Gasteiger partial charge in [0.15, 0.2) is 0 Å². The number of ether oxygens (including phenoxy) is 1. The van der Waals surface area contributed by atoms with Crippen molar-refractivity contribution in [1.29, 1.82) is 0 Å². The third kappa shape index (κ3) is 2.93. The van der Waals surface area contributed by atoms with Crippen LogP contribution in [0.3, 0.4) is 0 Å². The summed E-state index contributed by atoms with van der Waals surface area (Å²) in [5.74, 6) is 0.960. The number of benzene rings is 1. The molecule has 0 bridgehead atoms. The van der Waals surface area contributed by atoms with Crippen LogP contribution in [-0.2, 0) is 0 Å². The summed E-state index contributed by atoms with van der Waals surface area (Å²) in [5.41, 5.74) is 2.23. The Morgan fingerprint density at radius 1 is 1.16 bits per heavy atom. The zero-order valence-electron chi connectivity index (χ0n) is 11.0. The number of aromatic nitrogens is 1. The summed E-state index contributed by atoms with van der Waals surface area (Å²) in [6.45, 7) is 0. The van der Waals surface area contributed by atoms with E-state index in [1.165, 1.54) is 18.4 Å². The molecule has 19 heavy (non-hydrogen) atoms. The van der Waals surface area contributed by atoms with Gasteiger partial charge in [-0.05, 0) is 49.7 Å². The van der Waals surface area contributed by atoms with E-state index in [0.717, 1.165) is 11.4 Å². The number of nitrogens with zero attached hydrogens (tertiary/aromatic N) is 1. The molecular weight excluding hydrogens is 236 g/mol. The molecule has 0 saturated heterocycles. The fraction of sp³-hybridized carbons (Fsp3) is 0.312. The predicted octanol–water partition coefficient (Wildman–Crippen LogP) is 2.93. The number of hydrogen-bond donors (Lipinski definition) is 1. The molecule has 1 atom stereocenters. The molecule has 1 aliphatic carbocycles. The van der Waals surface area contributed by atoms with Gasteiger partial charge in [-0.1, -0.05) is 18.2 Å². The second-order valence-corrected chi connectivity index (χ2v) is 4.86. The third-order valence-electron chi connectivity index (χ3n) is 3.31. The largest absolute Gasteiger partial charge is 0.490 e. The van der Waals surface area contributed by atoms with Gasteiger partial charge in [0, 0.05) is 6.20 Å². The Morgan fingerprint density at radius 3 is 2.53 bits per heavy atom. The molecule has 3 nitrogen and oxygen atoms in total. The first-order valence-corrected chi connectivity index (χ1v) is 6.71. The van der Waals surface area contributed by atoms with E-state index in [0.29, 0.717) is 6.10 Å². The minimum Gasteiger partial charge on any atom is -0.490 e. The molecule has 3 heteroatoms. The lowest BCUT2D eigenvalue weighted by Gasteiger charge is -2.16. The fourth-order valence-electron chi connectivity index (χ4n) is 2.15. The molecule has 0 amide bonds. The van der Waals surface area contributed by atoms with Gasteiger partial charge in [-0.3, -0.25) is 4.98 Å². The smallest absolute Gasteiger partial charge is 0.119 e. The molecule has 1 heterocycles. The Kier molecular flexibility index (Phi) is 3.47. The molecule has 98 valence electrons. The van der Waals surface area contributed by atoms with Crippen LogP contribution >= 0.6 is 0 Å². The Labute approximate surface area is 113 Å². The summed E-state index contributed by atoms with van der Waals surface area (Å²) in [5, 5.41) is 3.30. The van der Waals surface area contributed by atoms with E-state index in [4.69, 9.17) is 4.74 Å². The molecule has 3 rings (SSSR count). The van der Waals surface area contributed by atoms with Crippen LogP contribution in [0.25, 0.3) is 0 Å². The van der Waals surface area contributed by atoms with E-state index in [1.54, 1.807) is 0 Å². The summed E-state index contributed by atoms with van der Waals surface area (Å²) in [7, 11) is 1.95. The topological polar surface area (TPSA) is 34.1 Å². The zero-order valence-corrected chi connectivity index (χ0v) is 11.0. The average molecular weight is 254 g/mol. The number of pyridine rings is 1. The maximum Gasteiger partial charge on any atom is 0.119 e. The van der Waals surface area contributed by atoms with Crippen molar-refractivity contribution in [2.45, 2.75) is 25.0 Å². The van der Waals surface area contributed by atoms with Gasteiger partial charge in [-0.2, -0.15) is 0 Å². The monoisotopic (exact) mass is 254 g/mol. The fourth-order valence-corrected chi connectivity index (χ4v) is 2.15. The Bertz CT molecular complexity index is 520. The SMILES string of the molecule is CNC(c1ccc(OC2CC2)cc1)c1ccccn1. The van der Waals surface area contributed by atoms with Gasteiger partial charge >= 0.3 is 0 Å². The highest BCUT2D eigenvalue weighted by molar-refractivity contribution is 5.33. The van der Waals surface area contributed by atoms with Crippen molar-refractivity contribution in [2.24, 2.45) is 0 Å². The summed E-state index contributed by atoms with van der Waals surface area (Å²) < 4.78 is 5.76. The standard InChI is InChI=1S/C16H18N2O/c1-17-16(15-4-2-3-11-18-15)12-5-7-13(8-6-12)19-14-9-10-14/h2-8,11,14,16-17H,9-10H2,1H3. The van der Waals surface area contributed by atoms with Gasteiger partial charge in [0.25, 0.3) is 0 Å². The third-order valence-corrected chi connectivity index (χ3v) is 3.31. The van der Waals surface area contributed by atoms with Gasteiger partial charge in [0.1, 0.15) is 5.75 Å². The molecule has 1 aromatic heterocycles. The van der Waals surface area contributed by atoms with Crippen molar-refractivity contribution < 1.29 is 4.74 Å². The van der Waals surface area contributed by atoms with Crippen LogP contribution in [0, 0.1) is 0 Å². The molecule has 1 unspecified atom stereocenters. The van der Waals surface area contributed by atoms with E-state index in [2.05, 4.69) is 22.4 Å². The van der Waals surface area contributed by atoms with E-state index >= 15 is 0 Å². The first kappa shape index (κ1) is 12.2. The van der Waals surface area contributed by atoms with Crippen LogP contribution < -0.4 is 10.1 Å². The highest BCUT2D eigenvalue weighted by Crippen LogP contribution is 2.28. The molecule has 0 radical (unpaired) electrons. The van der Waals surface area contributed by atoms with Gasteiger partial charge in [0.2, 0.25) is 0 Å². The van der Waals surface area contributed by atoms with Crippen LogP contribution in [0.4, 0.5) is 0 Å². The minimum atomic E-state index is 0.121. The van der Waals surface area contributed by atoms with Crippen molar-refractivity contribution >= 4 is 0 Å². The summed E-state index contributed by atoms with van der Waals surface area (Å²) in [6, 6.07) is 14.4. The molecule has 1 aromatic carbocycles. The Balaban J connectivity index is 1.79. The second-order valence-electron chi connectivity index (χ2n) is 4.86. The molecule has 0 aliphatic heterocycles. The number of nitrogens with one attached hydrogen (secondary N) is 1. The van der Waals surface area contributed by atoms with E-state index in [9.17, 15) is 0 Å². The lowest BCUT2D eigenvalue weighted by Crippen LogP contribution is -2.18. The van der Waals surface area contributed by atoms with Crippen molar-refractivity contribution in [2.75, 3.05) is 7.05 Å². The number of hydrogen-bond acceptors (Lipinski definition) is 3. The molecule has 1 N–H and O–H groups in total. The quantitative estimate of drug-likeness (QED) is 0.890. The van der Waals surface area contributed by atoms with E-state index in [1.807, 2.05) is 43.6 Å². The summed E-state index contributed by atoms with van der Waals surface area (Å²) >= 11 is 0. The Hall–Kier alpha value is -1.87. The summed E-state index contributed by atoms with van der Waals surface area (Å²) in [4.78, 5) is 4.41. The average Bonchev–Trinajstić information content (AvgIpc) is 3.27.